The first kappa shape index (κ1) is 24.5. The predicted octanol–water partition coefficient (Wildman–Crippen LogP) is 3.83. The first-order chi connectivity index (χ1) is 16.4. The van der Waals surface area contributed by atoms with Crippen LogP contribution in [-0.4, -0.2) is 26.4 Å². The largest absolute Gasteiger partial charge is 0.573 e. The molecule has 0 saturated carbocycles. The van der Waals surface area contributed by atoms with Crippen LogP contribution in [0.25, 0.3) is 22.4 Å². The summed E-state index contributed by atoms with van der Waals surface area (Å²) in [5.74, 6) is -2.85. The fourth-order valence-corrected chi connectivity index (χ4v) is 4.23. The quantitative estimate of drug-likeness (QED) is 0.391. The first-order valence-electron chi connectivity index (χ1n) is 9.53. The zero-order valence-electron chi connectivity index (χ0n) is 17.7. The lowest BCUT2D eigenvalue weighted by atomic mass is 10.1. The second-order valence-corrected chi connectivity index (χ2v) is 8.40. The van der Waals surface area contributed by atoms with Crippen molar-refractivity contribution in [2.75, 3.05) is 5.32 Å². The second-order valence-electron chi connectivity index (χ2n) is 7.20. The van der Waals surface area contributed by atoms with Gasteiger partial charge in [0, 0.05) is 30.6 Å². The number of carbonyl (C=O) groups excluding carboxylic acids is 1. The number of nitrogens with one attached hydrogen (secondary N) is 1. The van der Waals surface area contributed by atoms with Gasteiger partial charge in [-0.2, -0.15) is 0 Å². The van der Waals surface area contributed by atoms with E-state index in [-0.39, 0.29) is 44.7 Å². The van der Waals surface area contributed by atoms with E-state index in [0.717, 1.165) is 32.6 Å². The Bertz CT molecular complexity index is 1590. The van der Waals surface area contributed by atoms with Gasteiger partial charge in [0.1, 0.15) is 5.39 Å². The number of furan rings is 1. The van der Waals surface area contributed by atoms with Crippen LogP contribution in [0, 0.1) is 5.82 Å². The zero-order chi connectivity index (χ0) is 25.7. The molecule has 0 atom stereocenters. The molecule has 4 rings (SSSR count). The number of alkyl halides is 3. The highest BCUT2D eigenvalue weighted by atomic mass is 35.5. The van der Waals surface area contributed by atoms with Crippen molar-refractivity contribution in [2.45, 2.75) is 12.8 Å². The molecule has 1 amide bonds. The number of aryl methyl sites for hydroxylation is 1. The van der Waals surface area contributed by atoms with E-state index in [0.29, 0.717) is 0 Å². The molecule has 4 aromatic rings. The van der Waals surface area contributed by atoms with E-state index in [2.05, 4.69) is 15.0 Å². The normalized spacial score (nSPS) is 11.7. The number of fused-ring (bicyclic) bond motifs is 1. The molecule has 0 unspecified atom stereocenters. The van der Waals surface area contributed by atoms with Gasteiger partial charge in [0.15, 0.2) is 16.7 Å². The summed E-state index contributed by atoms with van der Waals surface area (Å²) in [6.45, 7) is 0. The van der Waals surface area contributed by atoms with Crippen molar-refractivity contribution < 1.29 is 31.5 Å². The fourth-order valence-electron chi connectivity index (χ4n) is 3.26. The minimum Gasteiger partial charge on any atom is -0.427 e. The highest BCUT2D eigenvalue weighted by Crippen LogP contribution is 2.32. The van der Waals surface area contributed by atoms with Crippen LogP contribution in [0.4, 0.5) is 22.7 Å². The van der Waals surface area contributed by atoms with Gasteiger partial charge in [0.05, 0.1) is 12.1 Å². The number of nitrogens with zero attached hydrogens (tertiary/aromatic N) is 3. The SMILES string of the molecule is Cn1c(=O)c2c(CC(=O)Nc3nc(-c4ccc(OC(F)(F)F)c(F)c4)cs3)c(Cl)oc2n(C)c1=O. The Kier molecular flexibility index (Phi) is 6.19. The van der Waals surface area contributed by atoms with Gasteiger partial charge < -0.3 is 14.5 Å². The van der Waals surface area contributed by atoms with Crippen molar-refractivity contribution >= 4 is 45.1 Å². The number of amides is 1. The molecule has 3 aromatic heterocycles. The summed E-state index contributed by atoms with van der Waals surface area (Å²) < 4.78 is 61.8. The molecule has 0 bridgehead atoms. The number of thiazole rings is 1. The van der Waals surface area contributed by atoms with E-state index in [1.54, 1.807) is 0 Å². The molecule has 35 heavy (non-hydrogen) atoms. The van der Waals surface area contributed by atoms with Crippen LogP contribution in [-0.2, 0) is 25.3 Å². The molecule has 0 spiro atoms. The third-order valence-corrected chi connectivity index (χ3v) is 5.94. The van der Waals surface area contributed by atoms with Crippen LogP contribution in [0.1, 0.15) is 5.56 Å². The van der Waals surface area contributed by atoms with Crippen molar-refractivity contribution in [3.63, 3.8) is 0 Å². The number of benzene rings is 1. The van der Waals surface area contributed by atoms with Gasteiger partial charge in [-0.25, -0.2) is 14.2 Å². The second kappa shape index (κ2) is 8.85. The van der Waals surface area contributed by atoms with Crippen LogP contribution in [0.5, 0.6) is 5.75 Å². The summed E-state index contributed by atoms with van der Waals surface area (Å²) in [6, 6.07) is 2.82. The molecule has 9 nitrogen and oxygen atoms in total. The molecule has 0 aliphatic heterocycles. The minimum absolute atomic E-state index is 0.0220. The first-order valence-corrected chi connectivity index (χ1v) is 10.8. The summed E-state index contributed by atoms with van der Waals surface area (Å²) in [4.78, 5) is 41.3. The fraction of sp³-hybridized carbons (Fsp3) is 0.200. The Morgan fingerprint density at radius 1 is 1.26 bits per heavy atom. The summed E-state index contributed by atoms with van der Waals surface area (Å²) in [7, 11) is 2.66. The van der Waals surface area contributed by atoms with Gasteiger partial charge in [-0.1, -0.05) is 0 Å². The Hall–Kier alpha value is -3.65. The molecule has 0 aliphatic carbocycles. The molecule has 15 heteroatoms. The third-order valence-electron chi connectivity index (χ3n) is 4.88. The topological polar surface area (TPSA) is 108 Å². The average Bonchev–Trinajstić information content (AvgIpc) is 3.36. The summed E-state index contributed by atoms with van der Waals surface area (Å²) in [5, 5.41) is 3.81. The molecule has 1 aromatic carbocycles. The lowest BCUT2D eigenvalue weighted by Crippen LogP contribution is -2.36. The van der Waals surface area contributed by atoms with E-state index in [9.17, 15) is 31.9 Å². The van der Waals surface area contributed by atoms with E-state index in [1.807, 2.05) is 0 Å². The number of carbonyl (C=O) groups is 1. The monoisotopic (exact) mass is 532 g/mol. The van der Waals surface area contributed by atoms with Crippen LogP contribution >= 0.6 is 22.9 Å². The highest BCUT2D eigenvalue weighted by Gasteiger charge is 2.32. The molecule has 0 aliphatic rings. The molecular formula is C20H13ClF4N4O5S. The van der Waals surface area contributed by atoms with Gasteiger partial charge in [0.25, 0.3) is 5.56 Å². The zero-order valence-corrected chi connectivity index (χ0v) is 19.3. The number of aromatic nitrogens is 3. The van der Waals surface area contributed by atoms with Gasteiger partial charge in [-0.15, -0.1) is 24.5 Å². The minimum atomic E-state index is -5.04. The molecule has 1 N–H and O–H groups in total. The molecule has 3 heterocycles. The molecular weight excluding hydrogens is 520 g/mol. The van der Waals surface area contributed by atoms with Crippen molar-refractivity contribution in [3.05, 3.63) is 61.0 Å². The smallest absolute Gasteiger partial charge is 0.427 e. The molecule has 0 radical (unpaired) electrons. The maximum atomic E-state index is 14.0. The van der Waals surface area contributed by atoms with Crippen molar-refractivity contribution in [2.24, 2.45) is 14.1 Å². The Morgan fingerprint density at radius 3 is 2.63 bits per heavy atom. The van der Waals surface area contributed by atoms with Gasteiger partial charge >= 0.3 is 12.1 Å². The van der Waals surface area contributed by atoms with Gasteiger partial charge in [0.2, 0.25) is 16.8 Å². The molecule has 0 fully saturated rings. The number of hydrogen-bond acceptors (Lipinski definition) is 7. The van der Waals surface area contributed by atoms with Crippen molar-refractivity contribution in [3.8, 4) is 17.0 Å². The van der Waals surface area contributed by atoms with Crippen LogP contribution < -0.4 is 21.3 Å². The van der Waals surface area contributed by atoms with E-state index >= 15 is 0 Å². The third kappa shape index (κ3) is 4.79. The predicted molar refractivity (Wildman–Crippen MR) is 118 cm³/mol. The summed E-state index contributed by atoms with van der Waals surface area (Å²) in [5.41, 5.74) is -0.968. The van der Waals surface area contributed by atoms with Crippen LogP contribution in [0.15, 0.2) is 37.6 Å². The summed E-state index contributed by atoms with van der Waals surface area (Å²) >= 11 is 7.05. The van der Waals surface area contributed by atoms with E-state index < -0.39 is 35.1 Å². The Balaban J connectivity index is 1.54. The molecule has 184 valence electrons. The average molecular weight is 533 g/mol. The van der Waals surface area contributed by atoms with Crippen LogP contribution in [0.3, 0.4) is 0 Å². The number of ether oxygens (including phenoxy) is 1. The Labute approximate surface area is 201 Å². The number of rotatable bonds is 5. The van der Waals surface area contributed by atoms with Gasteiger partial charge in [-0.3, -0.25) is 18.7 Å². The van der Waals surface area contributed by atoms with Crippen LogP contribution in [0.2, 0.25) is 5.22 Å². The highest BCUT2D eigenvalue weighted by molar-refractivity contribution is 7.14. The molecule has 0 saturated heterocycles. The maximum absolute atomic E-state index is 14.0. The standard InChI is InChI=1S/C20H13ClF4N4O5S/c1-28-16(31)14-9(15(21)33-17(14)29(2)19(28)32)6-13(30)27-18-26-11(7-35-18)8-3-4-12(10(22)5-8)34-20(23,24)25/h3-5,7H,6H2,1-2H3,(H,26,27,30). The van der Waals surface area contributed by atoms with Crippen molar-refractivity contribution in [1.82, 2.24) is 14.1 Å². The Morgan fingerprint density at radius 2 is 1.97 bits per heavy atom. The summed E-state index contributed by atoms with van der Waals surface area (Å²) in [6.07, 6.45) is -5.42. The van der Waals surface area contributed by atoms with Gasteiger partial charge in [-0.05, 0) is 29.8 Å². The lowest BCUT2D eigenvalue weighted by molar-refractivity contribution is -0.275. The van der Waals surface area contributed by atoms with E-state index in [1.165, 1.54) is 25.5 Å². The number of hydrogen-bond donors (Lipinski definition) is 1. The lowest BCUT2D eigenvalue weighted by Gasteiger charge is -2.10. The number of anilines is 1. The maximum Gasteiger partial charge on any atom is 0.573 e. The number of halogens is 5. The van der Waals surface area contributed by atoms with E-state index in [4.69, 9.17) is 16.0 Å². The van der Waals surface area contributed by atoms with Crippen molar-refractivity contribution in [1.29, 1.82) is 0 Å².